The Morgan fingerprint density at radius 2 is 1.84 bits per heavy atom. The number of benzene rings is 1. The maximum atomic E-state index is 11.8. The third-order valence-electron chi connectivity index (χ3n) is 2.83. The number of primary amides is 1. The van der Waals surface area contributed by atoms with E-state index in [4.69, 9.17) is 11.5 Å². The van der Waals surface area contributed by atoms with Crippen LogP contribution in [0.5, 0.6) is 0 Å². The second-order valence-electron chi connectivity index (χ2n) is 4.61. The maximum absolute atomic E-state index is 11.8. The normalized spacial score (nSPS) is 13.5. The van der Waals surface area contributed by atoms with Crippen molar-refractivity contribution in [2.75, 3.05) is 5.73 Å². The summed E-state index contributed by atoms with van der Waals surface area (Å²) in [5.41, 5.74) is 12.0. The number of anilines is 1. The van der Waals surface area contributed by atoms with Crippen molar-refractivity contribution in [3.8, 4) is 0 Å². The smallest absolute Gasteiger partial charge is 0.250 e. The SMILES string of the molecule is CC(NS(=O)(=O)C(C)C)c1cccc(C(N)=O)c1N. The van der Waals surface area contributed by atoms with Crippen molar-refractivity contribution in [2.45, 2.75) is 32.1 Å². The van der Waals surface area contributed by atoms with E-state index in [0.29, 0.717) is 5.56 Å². The molecule has 106 valence electrons. The molecule has 0 aliphatic rings. The summed E-state index contributed by atoms with van der Waals surface area (Å²) in [6.07, 6.45) is 0. The standard InChI is InChI=1S/C12H19N3O3S/c1-7(2)19(17,18)15-8(3)9-5-4-6-10(11(9)13)12(14)16/h4-8,15H,13H2,1-3H3,(H2,14,16). The molecule has 0 aromatic heterocycles. The van der Waals surface area contributed by atoms with Gasteiger partial charge in [-0.3, -0.25) is 4.79 Å². The second-order valence-corrected chi connectivity index (χ2v) is 6.87. The molecule has 1 aromatic carbocycles. The Kier molecular flexibility index (Phi) is 4.54. The molecule has 0 saturated carbocycles. The summed E-state index contributed by atoms with van der Waals surface area (Å²) in [4.78, 5) is 11.2. The summed E-state index contributed by atoms with van der Waals surface area (Å²) in [5, 5.41) is -0.546. The first kappa shape index (κ1) is 15.5. The summed E-state index contributed by atoms with van der Waals surface area (Å²) < 4.78 is 26.1. The monoisotopic (exact) mass is 285 g/mol. The predicted octanol–water partition coefficient (Wildman–Crippen LogP) is 0.757. The molecule has 0 aliphatic heterocycles. The van der Waals surface area contributed by atoms with Crippen LogP contribution in [0.25, 0.3) is 0 Å². The fourth-order valence-electron chi connectivity index (χ4n) is 1.62. The van der Waals surface area contributed by atoms with Gasteiger partial charge in [0.1, 0.15) is 0 Å². The Labute approximate surface area is 113 Å². The highest BCUT2D eigenvalue weighted by Gasteiger charge is 2.22. The highest BCUT2D eigenvalue weighted by molar-refractivity contribution is 7.90. The van der Waals surface area contributed by atoms with Gasteiger partial charge in [-0.2, -0.15) is 0 Å². The highest BCUT2D eigenvalue weighted by atomic mass is 32.2. The number of hydrogen-bond donors (Lipinski definition) is 3. The third kappa shape index (κ3) is 3.45. The number of carbonyl (C=O) groups excluding carboxylic acids is 1. The minimum atomic E-state index is -3.42. The zero-order chi connectivity index (χ0) is 14.8. The summed E-state index contributed by atoms with van der Waals surface area (Å²) >= 11 is 0. The van der Waals surface area contributed by atoms with Gasteiger partial charge in [-0.15, -0.1) is 0 Å². The topological polar surface area (TPSA) is 115 Å². The van der Waals surface area contributed by atoms with Crippen molar-refractivity contribution in [3.63, 3.8) is 0 Å². The Bertz CT molecular complexity index is 582. The molecular formula is C12H19N3O3S. The molecule has 5 N–H and O–H groups in total. The van der Waals surface area contributed by atoms with Crippen LogP contribution in [0.4, 0.5) is 5.69 Å². The van der Waals surface area contributed by atoms with Gasteiger partial charge in [0, 0.05) is 11.7 Å². The largest absolute Gasteiger partial charge is 0.398 e. The lowest BCUT2D eigenvalue weighted by molar-refractivity contribution is 0.100. The van der Waals surface area contributed by atoms with Crippen molar-refractivity contribution in [2.24, 2.45) is 5.73 Å². The third-order valence-corrected chi connectivity index (χ3v) is 4.76. The summed E-state index contributed by atoms with van der Waals surface area (Å²) in [5.74, 6) is -0.640. The molecule has 1 rings (SSSR count). The van der Waals surface area contributed by atoms with Crippen molar-refractivity contribution >= 4 is 21.6 Å². The van der Waals surface area contributed by atoms with E-state index in [9.17, 15) is 13.2 Å². The quantitative estimate of drug-likeness (QED) is 0.692. The van der Waals surface area contributed by atoms with E-state index in [1.807, 2.05) is 0 Å². The van der Waals surface area contributed by atoms with E-state index in [2.05, 4.69) is 4.72 Å². The summed E-state index contributed by atoms with van der Waals surface area (Å²) in [6.45, 7) is 4.83. The Morgan fingerprint density at radius 3 is 2.32 bits per heavy atom. The molecule has 0 saturated heterocycles. The summed E-state index contributed by atoms with van der Waals surface area (Å²) in [7, 11) is -3.42. The van der Waals surface area contributed by atoms with Crippen LogP contribution in [0, 0.1) is 0 Å². The number of hydrogen-bond acceptors (Lipinski definition) is 4. The van der Waals surface area contributed by atoms with Gasteiger partial charge >= 0.3 is 0 Å². The van der Waals surface area contributed by atoms with Crippen molar-refractivity contribution in [3.05, 3.63) is 29.3 Å². The molecule has 1 aromatic rings. The van der Waals surface area contributed by atoms with E-state index in [0.717, 1.165) is 0 Å². The van der Waals surface area contributed by atoms with Gasteiger partial charge in [-0.25, -0.2) is 13.1 Å². The molecule has 6 nitrogen and oxygen atoms in total. The fourth-order valence-corrected chi connectivity index (χ4v) is 2.51. The molecular weight excluding hydrogens is 266 g/mol. The van der Waals surface area contributed by atoms with Crippen LogP contribution in [-0.4, -0.2) is 19.6 Å². The number of nitrogen functional groups attached to an aromatic ring is 1. The van der Waals surface area contributed by atoms with Crippen LogP contribution in [0.15, 0.2) is 18.2 Å². The molecule has 7 heteroatoms. The molecule has 0 spiro atoms. The number of carbonyl (C=O) groups is 1. The van der Waals surface area contributed by atoms with Gasteiger partial charge in [-0.05, 0) is 32.4 Å². The molecule has 1 amide bonds. The lowest BCUT2D eigenvalue weighted by Gasteiger charge is -2.19. The first-order valence-corrected chi connectivity index (χ1v) is 7.40. The first-order valence-electron chi connectivity index (χ1n) is 5.86. The van der Waals surface area contributed by atoms with Crippen molar-refractivity contribution in [1.29, 1.82) is 0 Å². The van der Waals surface area contributed by atoms with Crippen LogP contribution in [-0.2, 0) is 10.0 Å². The van der Waals surface area contributed by atoms with Crippen molar-refractivity contribution < 1.29 is 13.2 Å². The average molecular weight is 285 g/mol. The van der Waals surface area contributed by atoms with Gasteiger partial charge in [0.2, 0.25) is 10.0 Å². The van der Waals surface area contributed by atoms with Crippen LogP contribution >= 0.6 is 0 Å². The number of nitrogens with one attached hydrogen (secondary N) is 1. The summed E-state index contributed by atoms with van der Waals surface area (Å²) in [6, 6.07) is 4.25. The van der Waals surface area contributed by atoms with E-state index >= 15 is 0 Å². The van der Waals surface area contributed by atoms with Crippen LogP contribution < -0.4 is 16.2 Å². The van der Waals surface area contributed by atoms with E-state index in [-0.39, 0.29) is 11.3 Å². The number of nitrogens with two attached hydrogens (primary N) is 2. The van der Waals surface area contributed by atoms with Gasteiger partial charge in [0.15, 0.2) is 0 Å². The lowest BCUT2D eigenvalue weighted by atomic mass is 10.0. The van der Waals surface area contributed by atoms with Crippen molar-refractivity contribution in [1.82, 2.24) is 4.72 Å². The van der Waals surface area contributed by atoms with Crippen LogP contribution in [0.3, 0.4) is 0 Å². The molecule has 0 heterocycles. The number of rotatable bonds is 5. The van der Waals surface area contributed by atoms with Gasteiger partial charge in [0.25, 0.3) is 5.91 Å². The van der Waals surface area contributed by atoms with E-state index in [1.165, 1.54) is 6.07 Å². The molecule has 0 radical (unpaired) electrons. The van der Waals surface area contributed by atoms with Gasteiger partial charge in [0.05, 0.1) is 10.8 Å². The molecule has 1 atom stereocenters. The predicted molar refractivity (Wildman–Crippen MR) is 75.0 cm³/mol. The average Bonchev–Trinajstić information content (AvgIpc) is 2.27. The van der Waals surface area contributed by atoms with Crippen LogP contribution in [0.1, 0.15) is 42.7 Å². The fraction of sp³-hybridized carbons (Fsp3) is 0.417. The van der Waals surface area contributed by atoms with E-state index < -0.39 is 27.2 Å². The highest BCUT2D eigenvalue weighted by Crippen LogP contribution is 2.24. The maximum Gasteiger partial charge on any atom is 0.250 e. The minimum Gasteiger partial charge on any atom is -0.398 e. The molecule has 0 bridgehead atoms. The number of para-hydroxylation sites is 1. The lowest BCUT2D eigenvalue weighted by Crippen LogP contribution is -2.33. The Balaban J connectivity index is 3.11. The number of amides is 1. The molecule has 19 heavy (non-hydrogen) atoms. The first-order chi connectivity index (χ1) is 8.66. The zero-order valence-corrected chi connectivity index (χ0v) is 12.0. The second kappa shape index (κ2) is 5.58. The molecule has 0 aliphatic carbocycles. The Morgan fingerprint density at radius 1 is 1.26 bits per heavy atom. The molecule has 0 fully saturated rings. The Hall–Kier alpha value is -1.60. The molecule has 1 unspecified atom stereocenters. The number of sulfonamides is 1. The van der Waals surface area contributed by atoms with Gasteiger partial charge < -0.3 is 11.5 Å². The van der Waals surface area contributed by atoms with Crippen LogP contribution in [0.2, 0.25) is 0 Å². The minimum absolute atomic E-state index is 0.188. The zero-order valence-electron chi connectivity index (χ0n) is 11.2. The van der Waals surface area contributed by atoms with E-state index in [1.54, 1.807) is 32.9 Å². The van der Waals surface area contributed by atoms with Gasteiger partial charge in [-0.1, -0.05) is 12.1 Å².